The van der Waals surface area contributed by atoms with E-state index in [0.29, 0.717) is 6.54 Å². The van der Waals surface area contributed by atoms with Crippen LogP contribution in [-0.4, -0.2) is 19.6 Å². The summed E-state index contributed by atoms with van der Waals surface area (Å²) in [5.41, 5.74) is 1.92. The molecule has 0 spiro atoms. The fourth-order valence-electron chi connectivity index (χ4n) is 2.20. The lowest BCUT2D eigenvalue weighted by Gasteiger charge is -2.08. The van der Waals surface area contributed by atoms with Gasteiger partial charge in [0, 0.05) is 12.6 Å². The molecule has 2 aromatic rings. The molecule has 120 valence electrons. The van der Waals surface area contributed by atoms with Gasteiger partial charge in [-0.2, -0.15) is 0 Å². The molecule has 0 aromatic heterocycles. The maximum atomic E-state index is 12.8. The molecule has 2 rings (SSSR count). The minimum Gasteiger partial charge on any atom is -0.496 e. The monoisotopic (exact) mass is 313 g/mol. The van der Waals surface area contributed by atoms with Gasteiger partial charge >= 0.3 is 0 Å². The zero-order chi connectivity index (χ0) is 16.5. The van der Waals surface area contributed by atoms with Crippen LogP contribution in [0.3, 0.4) is 0 Å². The van der Waals surface area contributed by atoms with Gasteiger partial charge in [0.1, 0.15) is 11.6 Å². The van der Waals surface area contributed by atoms with Crippen molar-refractivity contribution in [1.29, 1.82) is 0 Å². The van der Waals surface area contributed by atoms with E-state index in [1.165, 1.54) is 18.2 Å². The number of ether oxygens (including phenoxy) is 1. The van der Waals surface area contributed by atoms with Gasteiger partial charge in [0.05, 0.1) is 7.11 Å². The SMILES string of the molecule is COc1ccccc1CCCNC(=O)/C=C/c1ccc(F)cc1. The Morgan fingerprint density at radius 2 is 1.91 bits per heavy atom. The lowest BCUT2D eigenvalue weighted by Crippen LogP contribution is -2.22. The predicted octanol–water partition coefficient (Wildman–Crippen LogP) is 3.60. The molecular weight excluding hydrogens is 293 g/mol. The summed E-state index contributed by atoms with van der Waals surface area (Å²) in [6.45, 7) is 0.588. The highest BCUT2D eigenvalue weighted by Crippen LogP contribution is 2.18. The number of para-hydroxylation sites is 1. The smallest absolute Gasteiger partial charge is 0.243 e. The molecule has 0 bridgehead atoms. The zero-order valence-corrected chi connectivity index (χ0v) is 13.1. The first-order valence-corrected chi connectivity index (χ1v) is 7.52. The van der Waals surface area contributed by atoms with Gasteiger partial charge in [-0.3, -0.25) is 4.79 Å². The third-order valence-corrected chi connectivity index (χ3v) is 3.41. The molecule has 0 saturated carbocycles. The summed E-state index contributed by atoms with van der Waals surface area (Å²) < 4.78 is 18.1. The molecule has 2 aromatic carbocycles. The number of carbonyl (C=O) groups excluding carboxylic acids is 1. The van der Waals surface area contributed by atoms with E-state index in [9.17, 15) is 9.18 Å². The van der Waals surface area contributed by atoms with E-state index in [2.05, 4.69) is 5.32 Å². The Kier molecular flexibility index (Phi) is 6.36. The fourth-order valence-corrected chi connectivity index (χ4v) is 2.20. The van der Waals surface area contributed by atoms with Crippen LogP contribution in [0.1, 0.15) is 17.5 Å². The van der Waals surface area contributed by atoms with Gasteiger partial charge in [-0.05, 0) is 48.2 Å². The topological polar surface area (TPSA) is 38.3 Å². The molecule has 3 nitrogen and oxygen atoms in total. The van der Waals surface area contributed by atoms with E-state index in [-0.39, 0.29) is 11.7 Å². The first-order chi connectivity index (χ1) is 11.2. The Hall–Kier alpha value is -2.62. The highest BCUT2D eigenvalue weighted by Gasteiger charge is 2.01. The van der Waals surface area contributed by atoms with Gasteiger partial charge < -0.3 is 10.1 Å². The van der Waals surface area contributed by atoms with Crippen molar-refractivity contribution in [3.8, 4) is 5.75 Å². The number of aryl methyl sites for hydroxylation is 1. The molecule has 0 fully saturated rings. The number of rotatable bonds is 7. The minimum absolute atomic E-state index is 0.158. The van der Waals surface area contributed by atoms with Crippen LogP contribution < -0.4 is 10.1 Å². The second-order valence-electron chi connectivity index (χ2n) is 5.09. The van der Waals surface area contributed by atoms with Crippen LogP contribution in [-0.2, 0) is 11.2 Å². The largest absolute Gasteiger partial charge is 0.496 e. The van der Waals surface area contributed by atoms with Crippen molar-refractivity contribution in [2.24, 2.45) is 0 Å². The van der Waals surface area contributed by atoms with Crippen molar-refractivity contribution in [2.75, 3.05) is 13.7 Å². The van der Waals surface area contributed by atoms with Crippen LogP contribution >= 0.6 is 0 Å². The van der Waals surface area contributed by atoms with Gasteiger partial charge in [0.2, 0.25) is 5.91 Å². The molecule has 0 aliphatic rings. The molecule has 0 aliphatic heterocycles. The highest BCUT2D eigenvalue weighted by molar-refractivity contribution is 5.91. The van der Waals surface area contributed by atoms with E-state index in [1.54, 1.807) is 25.3 Å². The summed E-state index contributed by atoms with van der Waals surface area (Å²) in [6, 6.07) is 13.8. The molecule has 0 radical (unpaired) electrons. The molecule has 0 heterocycles. The number of nitrogens with one attached hydrogen (secondary N) is 1. The third-order valence-electron chi connectivity index (χ3n) is 3.41. The fraction of sp³-hybridized carbons (Fsp3) is 0.211. The Labute approximate surface area is 135 Å². The average molecular weight is 313 g/mol. The summed E-state index contributed by atoms with van der Waals surface area (Å²) in [7, 11) is 1.65. The maximum absolute atomic E-state index is 12.8. The number of carbonyl (C=O) groups is 1. The molecule has 4 heteroatoms. The van der Waals surface area contributed by atoms with Gasteiger partial charge in [-0.25, -0.2) is 4.39 Å². The molecule has 1 amide bonds. The molecule has 1 N–H and O–H groups in total. The summed E-state index contributed by atoms with van der Waals surface area (Å²) in [6.07, 6.45) is 4.79. The summed E-state index contributed by atoms with van der Waals surface area (Å²) >= 11 is 0. The summed E-state index contributed by atoms with van der Waals surface area (Å²) in [5.74, 6) is 0.423. The maximum Gasteiger partial charge on any atom is 0.243 e. The zero-order valence-electron chi connectivity index (χ0n) is 13.1. The van der Waals surface area contributed by atoms with Crippen LogP contribution in [0, 0.1) is 5.82 Å². The normalized spacial score (nSPS) is 10.7. The first-order valence-electron chi connectivity index (χ1n) is 7.52. The Bertz CT molecular complexity index is 665. The lowest BCUT2D eigenvalue weighted by molar-refractivity contribution is -0.116. The van der Waals surface area contributed by atoms with E-state index >= 15 is 0 Å². The van der Waals surface area contributed by atoms with Gasteiger partial charge in [0.15, 0.2) is 0 Å². The molecule has 0 aliphatic carbocycles. The van der Waals surface area contributed by atoms with Crippen LogP contribution in [0.5, 0.6) is 5.75 Å². The second-order valence-corrected chi connectivity index (χ2v) is 5.09. The Balaban J connectivity index is 1.73. The van der Waals surface area contributed by atoms with Crippen LogP contribution in [0.4, 0.5) is 4.39 Å². The Morgan fingerprint density at radius 3 is 2.65 bits per heavy atom. The van der Waals surface area contributed by atoms with Crippen LogP contribution in [0.2, 0.25) is 0 Å². The van der Waals surface area contributed by atoms with Gasteiger partial charge in [-0.1, -0.05) is 30.3 Å². The summed E-state index contributed by atoms with van der Waals surface area (Å²) in [4.78, 5) is 11.7. The average Bonchev–Trinajstić information content (AvgIpc) is 2.58. The van der Waals surface area contributed by atoms with Crippen molar-refractivity contribution in [2.45, 2.75) is 12.8 Å². The standard InChI is InChI=1S/C19H20FNO2/c1-23-18-7-3-2-5-16(18)6-4-14-21-19(22)13-10-15-8-11-17(20)12-9-15/h2-3,5,7-13H,4,6,14H2,1H3,(H,21,22)/b13-10+. The van der Waals surface area contributed by atoms with Crippen molar-refractivity contribution in [3.05, 3.63) is 71.6 Å². The van der Waals surface area contributed by atoms with E-state index in [1.807, 2.05) is 24.3 Å². The number of amides is 1. The van der Waals surface area contributed by atoms with Crippen molar-refractivity contribution < 1.29 is 13.9 Å². The summed E-state index contributed by atoms with van der Waals surface area (Å²) in [5, 5.41) is 2.83. The predicted molar refractivity (Wildman–Crippen MR) is 89.8 cm³/mol. The third kappa shape index (κ3) is 5.58. The quantitative estimate of drug-likeness (QED) is 0.626. The number of benzene rings is 2. The van der Waals surface area contributed by atoms with Crippen LogP contribution in [0.15, 0.2) is 54.6 Å². The first kappa shape index (κ1) is 16.7. The Morgan fingerprint density at radius 1 is 1.17 bits per heavy atom. The van der Waals surface area contributed by atoms with Crippen molar-refractivity contribution >= 4 is 12.0 Å². The lowest BCUT2D eigenvalue weighted by atomic mass is 10.1. The highest BCUT2D eigenvalue weighted by atomic mass is 19.1. The van der Waals surface area contributed by atoms with Gasteiger partial charge in [-0.15, -0.1) is 0 Å². The van der Waals surface area contributed by atoms with Crippen molar-refractivity contribution in [1.82, 2.24) is 5.32 Å². The number of methoxy groups -OCH3 is 1. The number of halogens is 1. The van der Waals surface area contributed by atoms with E-state index in [0.717, 1.165) is 29.7 Å². The number of hydrogen-bond acceptors (Lipinski definition) is 2. The number of hydrogen-bond donors (Lipinski definition) is 1. The van der Waals surface area contributed by atoms with E-state index in [4.69, 9.17) is 4.74 Å². The van der Waals surface area contributed by atoms with Crippen molar-refractivity contribution in [3.63, 3.8) is 0 Å². The molecule has 23 heavy (non-hydrogen) atoms. The van der Waals surface area contributed by atoms with E-state index < -0.39 is 0 Å². The van der Waals surface area contributed by atoms with Crippen LogP contribution in [0.25, 0.3) is 6.08 Å². The van der Waals surface area contributed by atoms with Gasteiger partial charge in [0.25, 0.3) is 0 Å². The molecule has 0 atom stereocenters. The minimum atomic E-state index is -0.289. The molecular formula is C19H20FNO2. The second kappa shape index (κ2) is 8.73. The molecule has 0 saturated heterocycles. The molecule has 0 unspecified atom stereocenters.